The van der Waals surface area contributed by atoms with Crippen LogP contribution in [0.2, 0.25) is 5.02 Å². The molecule has 146 valence electrons. The Labute approximate surface area is 178 Å². The molecule has 0 aliphatic carbocycles. The van der Waals surface area contributed by atoms with Crippen molar-refractivity contribution in [3.8, 4) is 0 Å². The van der Waals surface area contributed by atoms with Gasteiger partial charge in [0.25, 0.3) is 0 Å². The lowest BCUT2D eigenvalue weighted by atomic mass is 9.90. The van der Waals surface area contributed by atoms with Crippen molar-refractivity contribution in [3.63, 3.8) is 0 Å². The predicted molar refractivity (Wildman–Crippen MR) is 118 cm³/mol. The van der Waals surface area contributed by atoms with Gasteiger partial charge in [-0.3, -0.25) is 4.99 Å². The van der Waals surface area contributed by atoms with Crippen LogP contribution in [0.3, 0.4) is 0 Å². The number of halogens is 2. The molecule has 2 fully saturated rings. The van der Waals surface area contributed by atoms with Gasteiger partial charge >= 0.3 is 0 Å². The van der Waals surface area contributed by atoms with Crippen LogP contribution in [0.4, 0.5) is 5.82 Å². The summed E-state index contributed by atoms with van der Waals surface area (Å²) in [6.07, 6.45) is 3.90. The van der Waals surface area contributed by atoms with Crippen LogP contribution in [0.25, 0.3) is 0 Å². The molecule has 2 aliphatic rings. The van der Waals surface area contributed by atoms with Crippen molar-refractivity contribution in [2.45, 2.75) is 32.7 Å². The Morgan fingerprint density at radius 2 is 2.38 bits per heavy atom. The third kappa shape index (κ3) is 5.60. The van der Waals surface area contributed by atoms with Crippen LogP contribution < -0.4 is 15.5 Å². The number of aliphatic imine (C=N–C) groups is 1. The van der Waals surface area contributed by atoms with Gasteiger partial charge in [-0.25, -0.2) is 4.98 Å². The summed E-state index contributed by atoms with van der Waals surface area (Å²) in [5.41, 5.74) is 0.158. The van der Waals surface area contributed by atoms with Crippen LogP contribution in [0, 0.1) is 5.41 Å². The van der Waals surface area contributed by atoms with Crippen molar-refractivity contribution in [1.82, 2.24) is 15.6 Å². The number of rotatable bonds is 5. The van der Waals surface area contributed by atoms with Gasteiger partial charge in [0.15, 0.2) is 5.96 Å². The van der Waals surface area contributed by atoms with Crippen molar-refractivity contribution in [2.24, 2.45) is 10.4 Å². The van der Waals surface area contributed by atoms with E-state index < -0.39 is 0 Å². The Bertz CT molecular complexity index is 609. The lowest BCUT2D eigenvalue weighted by molar-refractivity contribution is 0.163. The fourth-order valence-corrected chi connectivity index (χ4v) is 3.54. The molecule has 0 saturated carbocycles. The molecule has 8 heteroatoms. The molecule has 0 spiro atoms. The smallest absolute Gasteiger partial charge is 0.191 e. The van der Waals surface area contributed by atoms with Crippen LogP contribution in [0.15, 0.2) is 23.3 Å². The summed E-state index contributed by atoms with van der Waals surface area (Å²) < 4.78 is 5.52. The molecule has 2 saturated heterocycles. The molecule has 0 radical (unpaired) electrons. The number of nitrogens with one attached hydrogen (secondary N) is 2. The normalized spacial score (nSPS) is 25.9. The number of ether oxygens (including phenoxy) is 1. The molecule has 6 nitrogen and oxygen atoms in total. The molecule has 1 aromatic rings. The molecule has 3 rings (SSSR count). The molecular weight excluding hydrogens is 465 g/mol. The first kappa shape index (κ1) is 21.5. The molecule has 0 amide bonds. The molecule has 2 N–H and O–H groups in total. The van der Waals surface area contributed by atoms with Gasteiger partial charge in [-0.1, -0.05) is 18.5 Å². The average molecular weight is 494 g/mol. The lowest BCUT2D eigenvalue weighted by Gasteiger charge is -2.22. The first-order chi connectivity index (χ1) is 12.1. The van der Waals surface area contributed by atoms with E-state index in [4.69, 9.17) is 21.3 Å². The number of anilines is 1. The second-order valence-corrected chi connectivity index (χ2v) is 7.60. The number of hydrogen-bond acceptors (Lipinski definition) is 4. The first-order valence-electron chi connectivity index (χ1n) is 9.08. The van der Waals surface area contributed by atoms with Gasteiger partial charge in [0.1, 0.15) is 5.82 Å². The van der Waals surface area contributed by atoms with Crippen molar-refractivity contribution < 1.29 is 4.74 Å². The lowest BCUT2D eigenvalue weighted by Crippen LogP contribution is -2.45. The SMILES string of the molecule is CCNC(=NCC1(C)CCOC1)NC1CCN(c2ncccc2Cl)C1.I. The number of pyridine rings is 1. The first-order valence-corrected chi connectivity index (χ1v) is 9.45. The number of aromatic nitrogens is 1. The topological polar surface area (TPSA) is 61.8 Å². The number of hydrogen-bond donors (Lipinski definition) is 2. The monoisotopic (exact) mass is 493 g/mol. The van der Waals surface area contributed by atoms with Gasteiger partial charge in [0.2, 0.25) is 0 Å². The molecule has 2 unspecified atom stereocenters. The Morgan fingerprint density at radius 3 is 3.08 bits per heavy atom. The standard InChI is InChI=1S/C18H28ClN5O.HI/c1-3-20-17(22-12-18(2)7-10-25-13-18)23-14-6-9-24(11-14)16-15(19)5-4-8-21-16;/h4-5,8,14H,3,6-7,9-13H2,1-2H3,(H2,20,22,23);1H. The number of nitrogens with zero attached hydrogens (tertiary/aromatic N) is 3. The second-order valence-electron chi connectivity index (χ2n) is 7.19. The summed E-state index contributed by atoms with van der Waals surface area (Å²) in [6.45, 7) is 9.43. The molecule has 2 atom stereocenters. The summed E-state index contributed by atoms with van der Waals surface area (Å²) in [7, 11) is 0. The Kier molecular flexibility index (Phi) is 8.22. The highest BCUT2D eigenvalue weighted by molar-refractivity contribution is 14.0. The summed E-state index contributed by atoms with van der Waals surface area (Å²) in [5.74, 6) is 1.75. The minimum absolute atomic E-state index is 0. The molecule has 0 bridgehead atoms. The molecular formula is C18H29ClIN5O. The van der Waals surface area contributed by atoms with E-state index >= 15 is 0 Å². The van der Waals surface area contributed by atoms with Crippen molar-refractivity contribution in [2.75, 3.05) is 44.3 Å². The minimum Gasteiger partial charge on any atom is -0.381 e. The average Bonchev–Trinajstić information content (AvgIpc) is 3.23. The zero-order chi connectivity index (χ0) is 17.7. The zero-order valence-corrected chi connectivity index (χ0v) is 18.6. The van der Waals surface area contributed by atoms with E-state index in [1.165, 1.54) is 0 Å². The highest BCUT2D eigenvalue weighted by Gasteiger charge is 2.30. The van der Waals surface area contributed by atoms with Gasteiger partial charge in [0.05, 0.1) is 18.2 Å². The van der Waals surface area contributed by atoms with Gasteiger partial charge in [-0.2, -0.15) is 0 Å². The van der Waals surface area contributed by atoms with Crippen LogP contribution in [-0.4, -0.2) is 56.4 Å². The van der Waals surface area contributed by atoms with Crippen molar-refractivity contribution >= 4 is 47.4 Å². The largest absolute Gasteiger partial charge is 0.381 e. The maximum Gasteiger partial charge on any atom is 0.191 e. The highest BCUT2D eigenvalue weighted by atomic mass is 127. The van der Waals surface area contributed by atoms with E-state index in [0.29, 0.717) is 11.1 Å². The summed E-state index contributed by atoms with van der Waals surface area (Å²) in [4.78, 5) is 11.4. The molecule has 1 aromatic heterocycles. The maximum atomic E-state index is 6.27. The molecule has 0 aromatic carbocycles. The fraction of sp³-hybridized carbons (Fsp3) is 0.667. The van der Waals surface area contributed by atoms with Gasteiger partial charge in [0, 0.05) is 43.9 Å². The fourth-order valence-electron chi connectivity index (χ4n) is 3.30. The van der Waals surface area contributed by atoms with E-state index in [9.17, 15) is 0 Å². The summed E-state index contributed by atoms with van der Waals surface area (Å²) in [5, 5.41) is 7.62. The third-order valence-electron chi connectivity index (χ3n) is 4.83. The van der Waals surface area contributed by atoms with E-state index in [1.54, 1.807) is 6.20 Å². The van der Waals surface area contributed by atoms with E-state index in [0.717, 1.165) is 64.0 Å². The van der Waals surface area contributed by atoms with Gasteiger partial charge in [-0.05, 0) is 31.9 Å². The predicted octanol–water partition coefficient (Wildman–Crippen LogP) is 2.91. The summed E-state index contributed by atoms with van der Waals surface area (Å²) >= 11 is 6.27. The van der Waals surface area contributed by atoms with Crippen molar-refractivity contribution in [3.05, 3.63) is 23.4 Å². The van der Waals surface area contributed by atoms with E-state index in [-0.39, 0.29) is 29.4 Å². The van der Waals surface area contributed by atoms with Crippen LogP contribution in [0.1, 0.15) is 26.7 Å². The van der Waals surface area contributed by atoms with E-state index in [1.807, 2.05) is 12.1 Å². The molecule has 26 heavy (non-hydrogen) atoms. The van der Waals surface area contributed by atoms with Crippen LogP contribution in [0.5, 0.6) is 0 Å². The Balaban J connectivity index is 0.00000243. The van der Waals surface area contributed by atoms with Gasteiger partial charge in [-0.15, -0.1) is 24.0 Å². The number of guanidine groups is 1. The van der Waals surface area contributed by atoms with Gasteiger partial charge < -0.3 is 20.3 Å². The Hall–Kier alpha value is -0.800. The van der Waals surface area contributed by atoms with Crippen molar-refractivity contribution in [1.29, 1.82) is 0 Å². The van der Waals surface area contributed by atoms with Crippen LogP contribution in [-0.2, 0) is 4.74 Å². The Morgan fingerprint density at radius 1 is 1.54 bits per heavy atom. The quantitative estimate of drug-likeness (QED) is 0.375. The zero-order valence-electron chi connectivity index (χ0n) is 15.5. The molecule has 2 aliphatic heterocycles. The molecule has 3 heterocycles. The minimum atomic E-state index is 0. The third-order valence-corrected chi connectivity index (χ3v) is 5.13. The van der Waals surface area contributed by atoms with Crippen LogP contribution >= 0.6 is 35.6 Å². The maximum absolute atomic E-state index is 6.27. The summed E-state index contributed by atoms with van der Waals surface area (Å²) in [6, 6.07) is 4.09. The second kappa shape index (κ2) is 9.94. The van der Waals surface area contributed by atoms with E-state index in [2.05, 4.69) is 34.4 Å². The highest BCUT2D eigenvalue weighted by Crippen LogP contribution is 2.28.